The molecule has 1 aromatic carbocycles. The minimum absolute atomic E-state index is 0.113. The molecule has 1 aliphatic rings. The number of Topliss-reactive ketones (excluding diaryl/α,β-unsaturated/α-hetero) is 1. The van der Waals surface area contributed by atoms with Crippen LogP contribution >= 0.6 is 0 Å². The van der Waals surface area contributed by atoms with Gasteiger partial charge in [-0.2, -0.15) is 4.31 Å². The summed E-state index contributed by atoms with van der Waals surface area (Å²) in [7, 11) is -3.67. The molecule has 0 amide bonds. The van der Waals surface area contributed by atoms with Gasteiger partial charge in [0.15, 0.2) is 6.61 Å². The van der Waals surface area contributed by atoms with Gasteiger partial charge < -0.3 is 9.30 Å². The lowest BCUT2D eigenvalue weighted by molar-refractivity contribution is -0.148. The van der Waals surface area contributed by atoms with Crippen LogP contribution in [0.25, 0.3) is 5.69 Å². The van der Waals surface area contributed by atoms with Crippen molar-refractivity contribution in [3.05, 3.63) is 77.6 Å². The van der Waals surface area contributed by atoms with Crippen molar-refractivity contribution in [2.24, 2.45) is 5.92 Å². The number of rotatable bonds is 7. The zero-order valence-electron chi connectivity index (χ0n) is 19.5. The van der Waals surface area contributed by atoms with Crippen molar-refractivity contribution in [2.45, 2.75) is 31.6 Å². The first-order valence-electron chi connectivity index (χ1n) is 11.2. The molecule has 0 unspecified atom stereocenters. The third-order valence-corrected chi connectivity index (χ3v) is 8.09. The van der Waals surface area contributed by atoms with E-state index in [-0.39, 0.29) is 29.6 Å². The van der Waals surface area contributed by atoms with E-state index in [0.717, 1.165) is 5.69 Å². The summed E-state index contributed by atoms with van der Waals surface area (Å²) in [5.41, 5.74) is 2.38. The first kappa shape index (κ1) is 24.7. The highest BCUT2D eigenvalue weighted by Gasteiger charge is 2.33. The van der Waals surface area contributed by atoms with E-state index >= 15 is 0 Å². The van der Waals surface area contributed by atoms with Gasteiger partial charge in [0.2, 0.25) is 15.8 Å². The molecule has 4 rings (SSSR count). The fourth-order valence-electron chi connectivity index (χ4n) is 4.37. The topological polar surface area (TPSA) is 98.6 Å². The van der Waals surface area contributed by atoms with Crippen molar-refractivity contribution >= 4 is 21.8 Å². The molecule has 35 heavy (non-hydrogen) atoms. The first-order valence-corrected chi connectivity index (χ1v) is 12.7. The molecule has 0 N–H and O–H groups in total. The van der Waals surface area contributed by atoms with Crippen LogP contribution < -0.4 is 0 Å². The monoisotopic (exact) mass is 499 g/mol. The van der Waals surface area contributed by atoms with Crippen LogP contribution in [0.4, 0.5) is 4.39 Å². The van der Waals surface area contributed by atoms with Crippen molar-refractivity contribution in [3.63, 3.8) is 0 Å². The van der Waals surface area contributed by atoms with E-state index in [9.17, 15) is 22.4 Å². The number of carbonyl (C=O) groups is 2. The average Bonchev–Trinajstić information content (AvgIpc) is 3.16. The zero-order valence-corrected chi connectivity index (χ0v) is 20.3. The molecule has 0 radical (unpaired) electrons. The lowest BCUT2D eigenvalue weighted by Gasteiger charge is -2.29. The Labute approximate surface area is 203 Å². The molecule has 10 heteroatoms. The summed E-state index contributed by atoms with van der Waals surface area (Å²) in [6.45, 7) is 3.51. The van der Waals surface area contributed by atoms with E-state index in [2.05, 4.69) is 4.98 Å². The van der Waals surface area contributed by atoms with Crippen LogP contribution in [0.2, 0.25) is 0 Å². The fourth-order valence-corrected chi connectivity index (χ4v) is 5.80. The predicted molar refractivity (Wildman–Crippen MR) is 126 cm³/mol. The van der Waals surface area contributed by atoms with Gasteiger partial charge in [-0.3, -0.25) is 14.6 Å². The summed E-state index contributed by atoms with van der Waals surface area (Å²) in [6, 6.07) is 10.8. The summed E-state index contributed by atoms with van der Waals surface area (Å²) in [6.07, 6.45) is 3.41. The number of nitrogens with zero attached hydrogens (tertiary/aromatic N) is 3. The summed E-state index contributed by atoms with van der Waals surface area (Å²) in [4.78, 5) is 29.3. The van der Waals surface area contributed by atoms with Gasteiger partial charge in [0, 0.05) is 48.1 Å². The molecule has 3 aromatic rings. The number of halogens is 1. The highest BCUT2D eigenvalue weighted by Crippen LogP contribution is 2.25. The van der Waals surface area contributed by atoms with Crippen LogP contribution in [0.15, 0.2) is 59.8 Å². The Hall–Kier alpha value is -3.37. The van der Waals surface area contributed by atoms with Crippen LogP contribution in [0, 0.1) is 25.6 Å². The summed E-state index contributed by atoms with van der Waals surface area (Å²) in [5, 5.41) is 0. The third kappa shape index (κ3) is 5.18. The Morgan fingerprint density at radius 3 is 2.51 bits per heavy atom. The molecule has 0 aliphatic carbocycles. The molecule has 184 valence electrons. The van der Waals surface area contributed by atoms with E-state index in [1.807, 2.05) is 6.92 Å². The Kier molecular flexibility index (Phi) is 7.13. The molecule has 0 bridgehead atoms. The molecule has 1 fully saturated rings. The average molecular weight is 500 g/mol. The van der Waals surface area contributed by atoms with Crippen molar-refractivity contribution < 1.29 is 27.1 Å². The zero-order chi connectivity index (χ0) is 25.2. The highest BCUT2D eigenvalue weighted by molar-refractivity contribution is 7.89. The van der Waals surface area contributed by atoms with Gasteiger partial charge >= 0.3 is 5.97 Å². The number of ketones is 1. The van der Waals surface area contributed by atoms with E-state index < -0.39 is 28.5 Å². The lowest BCUT2D eigenvalue weighted by Crippen LogP contribution is -2.40. The lowest BCUT2D eigenvalue weighted by atomic mass is 9.98. The number of carbonyl (C=O) groups excluding carboxylic acids is 2. The largest absolute Gasteiger partial charge is 0.457 e. The van der Waals surface area contributed by atoms with Gasteiger partial charge in [-0.1, -0.05) is 6.07 Å². The van der Waals surface area contributed by atoms with Gasteiger partial charge in [0.05, 0.1) is 5.92 Å². The maximum Gasteiger partial charge on any atom is 0.309 e. The standard InChI is InChI=1S/C25H26FN3O5S/c1-17-13-23(18(2)29(17)21-6-3-5-20(26)14-21)24(30)16-34-25(31)19-8-11-28(12-9-19)35(32,33)22-7-4-10-27-15-22/h3-7,10,13-15,19H,8-9,11-12,16H2,1-2H3. The van der Waals surface area contributed by atoms with Gasteiger partial charge in [-0.25, -0.2) is 12.8 Å². The quantitative estimate of drug-likeness (QED) is 0.365. The number of pyridine rings is 1. The van der Waals surface area contributed by atoms with Gasteiger partial charge in [-0.05, 0) is 63.1 Å². The Bertz CT molecular complexity index is 1350. The summed E-state index contributed by atoms with van der Waals surface area (Å²) >= 11 is 0. The normalized spacial score (nSPS) is 15.2. The Balaban J connectivity index is 1.35. The minimum Gasteiger partial charge on any atom is -0.457 e. The number of hydrogen-bond donors (Lipinski definition) is 0. The first-order chi connectivity index (χ1) is 16.7. The number of sulfonamides is 1. The highest BCUT2D eigenvalue weighted by atomic mass is 32.2. The molecule has 0 saturated carbocycles. The number of aryl methyl sites for hydroxylation is 1. The molecular formula is C25H26FN3O5S. The van der Waals surface area contributed by atoms with Crippen molar-refractivity contribution in [2.75, 3.05) is 19.7 Å². The van der Waals surface area contributed by atoms with Crippen LogP contribution in [-0.2, 0) is 19.6 Å². The number of esters is 1. The second kappa shape index (κ2) is 10.1. The Morgan fingerprint density at radius 1 is 1.11 bits per heavy atom. The molecule has 1 saturated heterocycles. The number of benzene rings is 1. The predicted octanol–water partition coefficient (Wildman–Crippen LogP) is 3.46. The van der Waals surface area contributed by atoms with Gasteiger partial charge in [-0.15, -0.1) is 0 Å². The summed E-state index contributed by atoms with van der Waals surface area (Å²) in [5.74, 6) is -1.74. The number of aromatic nitrogens is 2. The van der Waals surface area contributed by atoms with Crippen molar-refractivity contribution in [3.8, 4) is 5.69 Å². The molecule has 0 spiro atoms. The van der Waals surface area contributed by atoms with E-state index in [4.69, 9.17) is 4.74 Å². The SMILES string of the molecule is Cc1cc(C(=O)COC(=O)C2CCN(S(=O)(=O)c3cccnc3)CC2)c(C)n1-c1cccc(F)c1. The Morgan fingerprint density at radius 2 is 1.86 bits per heavy atom. The van der Waals surface area contributed by atoms with Crippen molar-refractivity contribution in [1.29, 1.82) is 0 Å². The number of ether oxygens (including phenoxy) is 1. The molecule has 8 nitrogen and oxygen atoms in total. The van der Waals surface area contributed by atoms with Crippen LogP contribution in [-0.4, -0.2) is 53.7 Å². The van der Waals surface area contributed by atoms with Crippen molar-refractivity contribution in [1.82, 2.24) is 13.9 Å². The smallest absolute Gasteiger partial charge is 0.309 e. The second-order valence-corrected chi connectivity index (χ2v) is 10.4. The summed E-state index contributed by atoms with van der Waals surface area (Å²) < 4.78 is 47.5. The van der Waals surface area contributed by atoms with Gasteiger partial charge in [0.25, 0.3) is 0 Å². The molecular weight excluding hydrogens is 473 g/mol. The van der Waals surface area contributed by atoms with E-state index in [1.165, 1.54) is 34.9 Å². The second-order valence-electron chi connectivity index (χ2n) is 8.50. The third-order valence-electron chi connectivity index (χ3n) is 6.20. The van der Waals surface area contributed by atoms with E-state index in [1.54, 1.807) is 35.8 Å². The minimum atomic E-state index is -3.67. The van der Waals surface area contributed by atoms with Crippen LogP contribution in [0.1, 0.15) is 34.6 Å². The fraction of sp³-hybridized carbons (Fsp3) is 0.320. The molecule has 3 heterocycles. The molecule has 2 aromatic heterocycles. The molecule has 1 aliphatic heterocycles. The number of hydrogen-bond acceptors (Lipinski definition) is 6. The maximum absolute atomic E-state index is 13.7. The van der Waals surface area contributed by atoms with Crippen LogP contribution in [0.3, 0.4) is 0 Å². The number of piperidine rings is 1. The van der Waals surface area contributed by atoms with Crippen LogP contribution in [0.5, 0.6) is 0 Å². The van der Waals surface area contributed by atoms with Gasteiger partial charge in [0.1, 0.15) is 10.7 Å². The maximum atomic E-state index is 13.7. The van der Waals surface area contributed by atoms with E-state index in [0.29, 0.717) is 29.8 Å². The molecule has 0 atom stereocenters.